The van der Waals surface area contributed by atoms with Gasteiger partial charge in [-0.15, -0.1) is 23.2 Å². The molecule has 10 rings (SSSR count). The van der Waals surface area contributed by atoms with Gasteiger partial charge in [-0.2, -0.15) is 0 Å². The van der Waals surface area contributed by atoms with Crippen LogP contribution >= 0.6 is 23.2 Å². The number of carbonyl (C=O) groups excluding carboxylic acids is 5. The van der Waals surface area contributed by atoms with Crippen molar-refractivity contribution in [3.8, 4) is 11.5 Å². The number of anilines is 2. The van der Waals surface area contributed by atoms with Gasteiger partial charge in [-0.1, -0.05) is 60.7 Å². The number of H-pyrrole nitrogens is 2. The molecule has 0 saturated carbocycles. The van der Waals surface area contributed by atoms with Gasteiger partial charge < -0.3 is 29.2 Å². The van der Waals surface area contributed by atoms with Gasteiger partial charge >= 0.3 is 11.9 Å². The molecule has 2 amide bonds. The summed E-state index contributed by atoms with van der Waals surface area (Å²) >= 11 is 12.9. The molecular weight excluding hydrogens is 851 g/mol. The van der Waals surface area contributed by atoms with Gasteiger partial charge in [0.1, 0.15) is 28.7 Å². The number of hydrogen-bond acceptors (Lipinski definition) is 7. The number of aromatic amines is 2. The molecular formula is C51H40Cl2N4O7. The van der Waals surface area contributed by atoms with Gasteiger partial charge in [0.15, 0.2) is 0 Å². The molecule has 0 saturated heterocycles. The number of alkyl halides is 2. The van der Waals surface area contributed by atoms with E-state index in [1.54, 1.807) is 34.1 Å². The number of esters is 2. The highest BCUT2D eigenvalue weighted by atomic mass is 35.5. The number of halogens is 2. The molecule has 4 heterocycles. The molecule has 11 nitrogen and oxygen atoms in total. The second-order valence-corrected chi connectivity index (χ2v) is 17.1. The van der Waals surface area contributed by atoms with Crippen LogP contribution in [-0.4, -0.2) is 64.4 Å². The largest absolute Gasteiger partial charge is 0.426 e. The molecule has 0 aliphatic carbocycles. The Kier molecular flexibility index (Phi) is 10.5. The van der Waals surface area contributed by atoms with Crippen LogP contribution in [0.25, 0.3) is 43.4 Å². The zero-order valence-corrected chi connectivity index (χ0v) is 36.3. The highest BCUT2D eigenvalue weighted by Gasteiger charge is 2.37. The first-order chi connectivity index (χ1) is 31.0. The highest BCUT2D eigenvalue weighted by molar-refractivity contribution is 6.20. The SMILES string of the molecule is CC(=O)Oc1cc2c(c3ccccc13)C(CCl)CN2C(=O)c1cc2cc(CC(=O)Cc3ccc4[nH]c(C(=O)N5CC(CCl)c6c5cc(OC(C)=O)c5ccccc65)cc4c3)ccc2[nH]1. The van der Waals surface area contributed by atoms with Crippen LogP contribution in [0.1, 0.15) is 68.9 Å². The Labute approximate surface area is 376 Å². The second-order valence-electron chi connectivity index (χ2n) is 16.5. The van der Waals surface area contributed by atoms with Crippen LogP contribution in [0.5, 0.6) is 11.5 Å². The molecule has 0 spiro atoms. The van der Waals surface area contributed by atoms with E-state index in [1.807, 2.05) is 84.9 Å². The third-order valence-corrected chi connectivity index (χ3v) is 13.0. The molecule has 320 valence electrons. The summed E-state index contributed by atoms with van der Waals surface area (Å²) in [6.45, 7) is 3.43. The Balaban J connectivity index is 0.854. The van der Waals surface area contributed by atoms with E-state index < -0.39 is 11.9 Å². The van der Waals surface area contributed by atoms with Crippen molar-refractivity contribution in [3.05, 3.63) is 143 Å². The number of Topliss-reactive ketones (excluding diaryl/α,β-unsaturated/α-hetero) is 1. The minimum atomic E-state index is -0.455. The summed E-state index contributed by atoms with van der Waals surface area (Å²) < 4.78 is 11.2. The number of hydrogen-bond donors (Lipinski definition) is 2. The van der Waals surface area contributed by atoms with Crippen molar-refractivity contribution in [2.75, 3.05) is 34.6 Å². The fourth-order valence-electron chi connectivity index (χ4n) is 9.56. The summed E-state index contributed by atoms with van der Waals surface area (Å²) in [5.41, 5.74) is 7.07. The van der Waals surface area contributed by atoms with E-state index in [-0.39, 0.29) is 42.3 Å². The van der Waals surface area contributed by atoms with E-state index in [0.29, 0.717) is 59.1 Å². The number of ketones is 1. The lowest BCUT2D eigenvalue weighted by atomic mass is 9.95. The minimum absolute atomic E-state index is 0.00516. The Bertz CT molecular complexity index is 3070. The zero-order chi connectivity index (χ0) is 44.4. The van der Waals surface area contributed by atoms with E-state index in [4.69, 9.17) is 32.7 Å². The maximum absolute atomic E-state index is 14.2. The van der Waals surface area contributed by atoms with Crippen LogP contribution < -0.4 is 19.3 Å². The molecule has 2 aliphatic heterocycles. The Morgan fingerprint density at radius 2 is 0.969 bits per heavy atom. The van der Waals surface area contributed by atoms with Crippen LogP contribution in [-0.2, 0) is 27.2 Å². The van der Waals surface area contributed by atoms with Crippen LogP contribution in [0, 0.1) is 0 Å². The highest BCUT2D eigenvalue weighted by Crippen LogP contribution is 2.48. The molecule has 0 bridgehead atoms. The van der Waals surface area contributed by atoms with Crippen molar-refractivity contribution in [2.45, 2.75) is 38.5 Å². The van der Waals surface area contributed by atoms with Gasteiger partial charge in [-0.3, -0.25) is 24.0 Å². The van der Waals surface area contributed by atoms with E-state index in [1.165, 1.54) is 13.8 Å². The number of rotatable bonds is 10. The summed E-state index contributed by atoms with van der Waals surface area (Å²) in [6, 6.07) is 33.7. The van der Waals surface area contributed by atoms with Crippen molar-refractivity contribution >= 4 is 107 Å². The lowest BCUT2D eigenvalue weighted by molar-refractivity contribution is -0.132. The fourth-order valence-corrected chi connectivity index (χ4v) is 10.1. The number of aromatic nitrogens is 2. The zero-order valence-electron chi connectivity index (χ0n) is 34.8. The van der Waals surface area contributed by atoms with E-state index in [0.717, 1.165) is 65.6 Å². The first-order valence-electron chi connectivity index (χ1n) is 21.0. The predicted molar refractivity (Wildman–Crippen MR) is 250 cm³/mol. The van der Waals surface area contributed by atoms with Crippen LogP contribution in [0.4, 0.5) is 11.4 Å². The van der Waals surface area contributed by atoms with Gasteiger partial charge in [0.2, 0.25) is 0 Å². The second kappa shape index (κ2) is 16.3. The summed E-state index contributed by atoms with van der Waals surface area (Å²) in [6.07, 6.45) is 0.366. The predicted octanol–water partition coefficient (Wildman–Crippen LogP) is 10.1. The topological polar surface area (TPSA) is 142 Å². The van der Waals surface area contributed by atoms with Crippen molar-refractivity contribution in [1.29, 1.82) is 0 Å². The number of fused-ring (bicyclic) bond motifs is 8. The summed E-state index contributed by atoms with van der Waals surface area (Å²) in [5, 5.41) is 4.90. The van der Waals surface area contributed by atoms with Gasteiger partial charge in [-0.25, -0.2) is 0 Å². The van der Waals surface area contributed by atoms with Gasteiger partial charge in [0, 0.05) is 108 Å². The monoisotopic (exact) mass is 890 g/mol. The summed E-state index contributed by atoms with van der Waals surface area (Å²) in [4.78, 5) is 75.9. The standard InChI is InChI=1S/C51H40Cl2N4O7/c1-27(58)63-46-21-44-48(38-9-5-3-7-36(38)46)33(23-52)25-56(44)50(61)42-19-31-15-29(11-13-40(31)54-42)17-35(60)18-30-12-14-41-32(16-30)20-43(55-41)51(62)57-26-34(24-53)49-39-10-6-4-8-37(39)47(22-45(49)57)64-28(2)59/h3-16,19-22,33-34,54-55H,17-18,23-26H2,1-2H3. The smallest absolute Gasteiger partial charge is 0.308 e. The van der Waals surface area contributed by atoms with E-state index >= 15 is 0 Å². The molecule has 2 aliphatic rings. The molecule has 0 fully saturated rings. The first kappa shape index (κ1) is 41.1. The Morgan fingerprint density at radius 3 is 1.36 bits per heavy atom. The van der Waals surface area contributed by atoms with Crippen molar-refractivity contribution in [2.24, 2.45) is 0 Å². The molecule has 2 aromatic heterocycles. The molecule has 64 heavy (non-hydrogen) atoms. The molecule has 2 atom stereocenters. The van der Waals surface area contributed by atoms with Gasteiger partial charge in [0.25, 0.3) is 11.8 Å². The number of benzene rings is 6. The Morgan fingerprint density at radius 1 is 0.562 bits per heavy atom. The van der Waals surface area contributed by atoms with Crippen LogP contribution in [0.2, 0.25) is 0 Å². The van der Waals surface area contributed by atoms with E-state index in [9.17, 15) is 24.0 Å². The number of carbonyl (C=O) groups is 5. The summed E-state index contributed by atoms with van der Waals surface area (Å²) in [5.74, 6) is -0.264. The molecule has 6 aromatic carbocycles. The molecule has 13 heteroatoms. The first-order valence-corrected chi connectivity index (χ1v) is 22.0. The third kappa shape index (κ3) is 7.24. The van der Waals surface area contributed by atoms with Crippen LogP contribution in [0.15, 0.2) is 109 Å². The number of nitrogens with one attached hydrogen (secondary N) is 2. The van der Waals surface area contributed by atoms with Crippen molar-refractivity contribution < 1.29 is 33.4 Å². The number of ether oxygens (including phenoxy) is 2. The minimum Gasteiger partial charge on any atom is -0.426 e. The van der Waals surface area contributed by atoms with Gasteiger partial charge in [-0.05, 0) is 69.4 Å². The van der Waals surface area contributed by atoms with E-state index in [2.05, 4.69) is 9.97 Å². The molecule has 2 N–H and O–H groups in total. The maximum Gasteiger partial charge on any atom is 0.308 e. The maximum atomic E-state index is 14.2. The normalized spacial score (nSPS) is 15.6. The lowest BCUT2D eigenvalue weighted by Gasteiger charge is -2.18. The molecule has 0 radical (unpaired) electrons. The lowest BCUT2D eigenvalue weighted by Crippen LogP contribution is -2.30. The van der Waals surface area contributed by atoms with Crippen LogP contribution in [0.3, 0.4) is 0 Å². The van der Waals surface area contributed by atoms with Gasteiger partial charge in [0.05, 0.1) is 11.4 Å². The van der Waals surface area contributed by atoms with Crippen molar-refractivity contribution in [3.63, 3.8) is 0 Å². The fraction of sp³-hybridized carbons (Fsp3) is 0.196. The Hall–Kier alpha value is -6.95. The average Bonchev–Trinajstić information content (AvgIpc) is 4.08. The quantitative estimate of drug-likeness (QED) is 0.0791. The molecule has 2 unspecified atom stereocenters. The average molecular weight is 892 g/mol. The molecule has 8 aromatic rings. The number of amides is 2. The third-order valence-electron chi connectivity index (χ3n) is 12.3. The van der Waals surface area contributed by atoms with Crippen molar-refractivity contribution in [1.82, 2.24) is 9.97 Å². The number of nitrogens with zero attached hydrogens (tertiary/aromatic N) is 2. The summed E-state index contributed by atoms with van der Waals surface area (Å²) in [7, 11) is 0.